The monoisotopic (exact) mass is 346 g/mol. The highest BCUT2D eigenvalue weighted by atomic mass is 32.2. The minimum absolute atomic E-state index is 0.0274. The van der Waals surface area contributed by atoms with E-state index in [2.05, 4.69) is 21.9 Å². The van der Waals surface area contributed by atoms with Crippen LogP contribution in [0.25, 0.3) is 0 Å². The van der Waals surface area contributed by atoms with Crippen LogP contribution in [0.1, 0.15) is 39.0 Å². The number of nitrogens with zero attached hydrogens (tertiary/aromatic N) is 2. The van der Waals surface area contributed by atoms with E-state index in [9.17, 15) is 13.2 Å². The molecular weight excluding hydrogens is 316 g/mol. The molecule has 1 atom stereocenters. The summed E-state index contributed by atoms with van der Waals surface area (Å²) in [6.07, 6.45) is 6.07. The van der Waals surface area contributed by atoms with Crippen LogP contribution in [0.5, 0.6) is 0 Å². The van der Waals surface area contributed by atoms with E-state index in [4.69, 9.17) is 0 Å². The molecule has 2 N–H and O–H groups in total. The molecule has 7 nitrogen and oxygen atoms in total. The van der Waals surface area contributed by atoms with Crippen molar-refractivity contribution in [1.82, 2.24) is 19.8 Å². The molecule has 0 aromatic carbocycles. The van der Waals surface area contributed by atoms with Crippen molar-refractivity contribution in [2.45, 2.75) is 51.1 Å². The molecular formula is C15H30N4O3S. The fourth-order valence-electron chi connectivity index (χ4n) is 3.46. The number of carbonyl (C=O) groups excluding carboxylic acids is 1. The van der Waals surface area contributed by atoms with Crippen LogP contribution in [-0.2, 0) is 10.0 Å². The number of hydrogen-bond acceptors (Lipinski definition) is 4. The fraction of sp³-hybridized carbons (Fsp3) is 0.933. The number of amides is 2. The largest absolute Gasteiger partial charge is 0.336 e. The molecule has 0 radical (unpaired) electrons. The Morgan fingerprint density at radius 1 is 1.17 bits per heavy atom. The Balaban J connectivity index is 1.72. The first-order valence-corrected chi connectivity index (χ1v) is 10.5. The molecule has 2 rings (SSSR count). The summed E-state index contributed by atoms with van der Waals surface area (Å²) in [5.74, 6) is 0. The van der Waals surface area contributed by atoms with E-state index in [0.29, 0.717) is 38.5 Å². The third kappa shape index (κ3) is 5.93. The molecule has 1 unspecified atom stereocenters. The van der Waals surface area contributed by atoms with Gasteiger partial charge in [-0.05, 0) is 45.2 Å². The number of sulfonamides is 1. The summed E-state index contributed by atoms with van der Waals surface area (Å²) >= 11 is 0. The molecule has 134 valence electrons. The van der Waals surface area contributed by atoms with E-state index in [0.717, 1.165) is 19.5 Å². The van der Waals surface area contributed by atoms with E-state index < -0.39 is 10.0 Å². The van der Waals surface area contributed by atoms with Crippen molar-refractivity contribution in [2.24, 2.45) is 0 Å². The van der Waals surface area contributed by atoms with E-state index in [1.54, 1.807) is 4.90 Å². The molecule has 0 aromatic heterocycles. The van der Waals surface area contributed by atoms with E-state index in [1.807, 2.05) is 0 Å². The molecule has 0 aliphatic carbocycles. The summed E-state index contributed by atoms with van der Waals surface area (Å²) in [6, 6.07) is 0.341. The first-order valence-electron chi connectivity index (χ1n) is 8.63. The van der Waals surface area contributed by atoms with Crippen LogP contribution in [0.3, 0.4) is 0 Å². The standard InChI is InChI=1S/C15H30N4O3S/c1-3-14(18-8-4-5-9-18)12-16-15(20)19-10-6-13(7-11-19)17-23(2,21)22/h13-14,17H,3-12H2,1-2H3,(H,16,20). The highest BCUT2D eigenvalue weighted by Crippen LogP contribution is 2.14. The molecule has 2 amide bonds. The molecule has 2 aliphatic rings. The van der Waals surface area contributed by atoms with Crippen molar-refractivity contribution in [3.63, 3.8) is 0 Å². The third-order valence-electron chi connectivity index (χ3n) is 4.78. The second-order valence-corrected chi connectivity index (χ2v) is 8.42. The highest BCUT2D eigenvalue weighted by Gasteiger charge is 2.26. The summed E-state index contributed by atoms with van der Waals surface area (Å²) in [5.41, 5.74) is 0. The van der Waals surface area contributed by atoms with Crippen molar-refractivity contribution in [3.05, 3.63) is 0 Å². The van der Waals surface area contributed by atoms with Gasteiger partial charge in [-0.25, -0.2) is 17.9 Å². The number of carbonyl (C=O) groups is 1. The Morgan fingerprint density at radius 2 is 1.78 bits per heavy atom. The number of likely N-dealkylation sites (tertiary alicyclic amines) is 2. The van der Waals surface area contributed by atoms with Crippen molar-refractivity contribution < 1.29 is 13.2 Å². The van der Waals surface area contributed by atoms with Crippen LogP contribution in [0.2, 0.25) is 0 Å². The fourth-order valence-corrected chi connectivity index (χ4v) is 4.30. The zero-order valence-corrected chi connectivity index (χ0v) is 15.1. The number of nitrogens with one attached hydrogen (secondary N) is 2. The molecule has 8 heteroatoms. The molecule has 23 heavy (non-hydrogen) atoms. The summed E-state index contributed by atoms with van der Waals surface area (Å²) in [6.45, 7) is 6.32. The van der Waals surface area contributed by atoms with Crippen LogP contribution < -0.4 is 10.0 Å². The van der Waals surface area contributed by atoms with Crippen molar-refractivity contribution in [2.75, 3.05) is 39.0 Å². The molecule has 2 heterocycles. The summed E-state index contributed by atoms with van der Waals surface area (Å²) in [7, 11) is -3.17. The maximum Gasteiger partial charge on any atom is 0.317 e. The quantitative estimate of drug-likeness (QED) is 0.737. The van der Waals surface area contributed by atoms with Gasteiger partial charge in [0.1, 0.15) is 0 Å². The molecule has 2 fully saturated rings. The summed E-state index contributed by atoms with van der Waals surface area (Å²) in [5, 5.41) is 3.05. The van der Waals surface area contributed by atoms with Gasteiger partial charge in [0.25, 0.3) is 0 Å². The Morgan fingerprint density at radius 3 is 2.30 bits per heavy atom. The maximum absolute atomic E-state index is 12.3. The Bertz CT molecular complexity index is 483. The van der Waals surface area contributed by atoms with Crippen LogP contribution >= 0.6 is 0 Å². The molecule has 2 saturated heterocycles. The molecule has 0 aromatic rings. The van der Waals surface area contributed by atoms with Gasteiger partial charge in [-0.3, -0.25) is 4.90 Å². The Hall–Kier alpha value is -0.860. The van der Waals surface area contributed by atoms with Gasteiger partial charge in [-0.15, -0.1) is 0 Å². The normalized spacial score (nSPS) is 22.3. The Kier molecular flexibility index (Phi) is 6.67. The van der Waals surface area contributed by atoms with Gasteiger partial charge < -0.3 is 10.2 Å². The lowest BCUT2D eigenvalue weighted by atomic mass is 10.1. The second-order valence-electron chi connectivity index (χ2n) is 6.64. The third-order valence-corrected chi connectivity index (χ3v) is 5.54. The first kappa shape index (κ1) is 18.5. The van der Waals surface area contributed by atoms with Gasteiger partial charge in [0.15, 0.2) is 0 Å². The topological polar surface area (TPSA) is 81.8 Å². The second kappa shape index (κ2) is 8.30. The summed E-state index contributed by atoms with van der Waals surface area (Å²) in [4.78, 5) is 16.5. The van der Waals surface area contributed by atoms with E-state index in [1.165, 1.54) is 19.1 Å². The minimum Gasteiger partial charge on any atom is -0.336 e. The van der Waals surface area contributed by atoms with E-state index in [-0.39, 0.29) is 12.1 Å². The van der Waals surface area contributed by atoms with Crippen molar-refractivity contribution in [1.29, 1.82) is 0 Å². The lowest BCUT2D eigenvalue weighted by Crippen LogP contribution is -2.51. The molecule has 0 spiro atoms. The number of rotatable bonds is 6. The predicted molar refractivity (Wildman–Crippen MR) is 90.9 cm³/mol. The van der Waals surface area contributed by atoms with Gasteiger partial charge in [0.05, 0.1) is 6.26 Å². The summed E-state index contributed by atoms with van der Waals surface area (Å²) < 4.78 is 25.1. The van der Waals surface area contributed by atoms with Crippen LogP contribution in [0.4, 0.5) is 4.79 Å². The van der Waals surface area contributed by atoms with Crippen LogP contribution in [0.15, 0.2) is 0 Å². The number of piperidine rings is 1. The molecule has 0 saturated carbocycles. The van der Waals surface area contributed by atoms with E-state index >= 15 is 0 Å². The SMILES string of the molecule is CCC(CNC(=O)N1CCC(NS(C)(=O)=O)CC1)N1CCCC1. The molecule has 0 bridgehead atoms. The minimum atomic E-state index is -3.17. The van der Waals surface area contributed by atoms with Crippen LogP contribution in [0, 0.1) is 0 Å². The van der Waals surface area contributed by atoms with Gasteiger partial charge in [0.2, 0.25) is 10.0 Å². The highest BCUT2D eigenvalue weighted by molar-refractivity contribution is 7.88. The molecule has 2 aliphatic heterocycles. The van der Waals surface area contributed by atoms with Gasteiger partial charge in [0, 0.05) is 31.7 Å². The average Bonchev–Trinajstić information content (AvgIpc) is 3.01. The lowest BCUT2D eigenvalue weighted by Gasteiger charge is -2.33. The zero-order valence-electron chi connectivity index (χ0n) is 14.3. The predicted octanol–water partition coefficient (Wildman–Crippen LogP) is 0.584. The van der Waals surface area contributed by atoms with Crippen LogP contribution in [-0.4, -0.2) is 75.3 Å². The van der Waals surface area contributed by atoms with Gasteiger partial charge >= 0.3 is 6.03 Å². The average molecular weight is 346 g/mol. The van der Waals surface area contributed by atoms with Gasteiger partial charge in [-0.2, -0.15) is 0 Å². The smallest absolute Gasteiger partial charge is 0.317 e. The lowest BCUT2D eigenvalue weighted by molar-refractivity contribution is 0.172. The maximum atomic E-state index is 12.3. The van der Waals surface area contributed by atoms with Crippen molar-refractivity contribution in [3.8, 4) is 0 Å². The van der Waals surface area contributed by atoms with Gasteiger partial charge in [-0.1, -0.05) is 6.92 Å². The Labute approximate surface area is 139 Å². The zero-order chi connectivity index (χ0) is 16.9. The number of hydrogen-bond donors (Lipinski definition) is 2. The first-order chi connectivity index (χ1) is 10.9. The van der Waals surface area contributed by atoms with Crippen molar-refractivity contribution >= 4 is 16.1 Å². The number of urea groups is 1.